The van der Waals surface area contributed by atoms with Gasteiger partial charge in [-0.15, -0.1) is 0 Å². The van der Waals surface area contributed by atoms with Gasteiger partial charge in [-0.05, 0) is 25.1 Å². The van der Waals surface area contributed by atoms with E-state index in [2.05, 4.69) is 10.4 Å². The minimum absolute atomic E-state index is 0.0437. The normalized spacial score (nSPS) is 16.7. The summed E-state index contributed by atoms with van der Waals surface area (Å²) >= 11 is 0. The third-order valence-corrected chi connectivity index (χ3v) is 6.52. The van der Waals surface area contributed by atoms with Crippen molar-refractivity contribution in [3.8, 4) is 17.1 Å². The van der Waals surface area contributed by atoms with Crippen LogP contribution in [-0.2, 0) is 18.9 Å². The Hall–Kier alpha value is -3.88. The minimum atomic E-state index is -0.180. The maximum Gasteiger partial charge on any atom is 0.269 e. The van der Waals surface area contributed by atoms with Crippen LogP contribution < -0.4 is 10.1 Å². The lowest BCUT2D eigenvalue weighted by Crippen LogP contribution is -2.26. The Labute approximate surface area is 197 Å². The molecular weight excluding hydrogens is 432 g/mol. The molecule has 1 fully saturated rings. The first-order valence-corrected chi connectivity index (χ1v) is 11.3. The lowest BCUT2D eigenvalue weighted by molar-refractivity contribution is -0.119. The number of nitrogens with zero attached hydrogens (tertiary/aromatic N) is 5. The van der Waals surface area contributed by atoms with Crippen molar-refractivity contribution in [2.24, 2.45) is 20.0 Å². The van der Waals surface area contributed by atoms with E-state index in [1.165, 1.54) is 0 Å². The molecule has 2 unspecified atom stereocenters. The van der Waals surface area contributed by atoms with Gasteiger partial charge in [-0.1, -0.05) is 12.1 Å². The van der Waals surface area contributed by atoms with Gasteiger partial charge in [-0.3, -0.25) is 14.3 Å². The second-order valence-corrected chi connectivity index (χ2v) is 9.20. The number of carbonyl (C=O) groups excluding carboxylic acids is 2. The molecule has 3 aromatic heterocycles. The quantitative estimate of drug-likeness (QED) is 0.494. The second kappa shape index (κ2) is 8.16. The van der Waals surface area contributed by atoms with E-state index < -0.39 is 0 Å². The molecule has 1 aliphatic heterocycles. The minimum Gasteiger partial charge on any atom is -0.474 e. The number of pyridine rings is 1. The van der Waals surface area contributed by atoms with Gasteiger partial charge in [0, 0.05) is 69.7 Å². The highest BCUT2D eigenvalue weighted by atomic mass is 16.5. The summed E-state index contributed by atoms with van der Waals surface area (Å²) in [4.78, 5) is 30.6. The molecule has 9 nitrogen and oxygen atoms in total. The predicted octanol–water partition coefficient (Wildman–Crippen LogP) is 2.73. The Bertz CT molecular complexity index is 1430. The molecule has 4 aromatic rings. The SMILES string of the molecule is CC(Oc1nc(-c2ccc3cc(C(=O)N(C)C)n(C)c3c2)cc2nn(C)cc12)C1CNC(=O)C1. The molecule has 1 N–H and O–H groups in total. The Morgan fingerprint density at radius 1 is 1.24 bits per heavy atom. The standard InChI is InChI=1S/C25H28N6O3/c1-14(17-10-23(32)26-12-17)34-24-18-13-30(4)28-20(18)11-19(27-24)15-6-7-16-9-22(25(33)29(2)3)31(5)21(16)8-15/h6-9,11,13-14,17H,10,12H2,1-5H3,(H,26,32). The molecule has 0 radical (unpaired) electrons. The molecule has 0 saturated carbocycles. The summed E-state index contributed by atoms with van der Waals surface area (Å²) in [6, 6.07) is 9.88. The summed E-state index contributed by atoms with van der Waals surface area (Å²) in [6.07, 6.45) is 2.17. The molecule has 0 bridgehead atoms. The fourth-order valence-corrected chi connectivity index (χ4v) is 4.50. The Kier molecular flexibility index (Phi) is 5.27. The molecule has 0 aliphatic carbocycles. The molecule has 9 heteroatoms. The van der Waals surface area contributed by atoms with Gasteiger partial charge in [-0.2, -0.15) is 5.10 Å². The zero-order valence-corrected chi connectivity index (χ0v) is 20.0. The summed E-state index contributed by atoms with van der Waals surface area (Å²) in [5, 5.41) is 9.26. The predicted molar refractivity (Wildman–Crippen MR) is 130 cm³/mol. The Morgan fingerprint density at radius 3 is 2.74 bits per heavy atom. The topological polar surface area (TPSA) is 94.3 Å². The van der Waals surface area contributed by atoms with Gasteiger partial charge >= 0.3 is 0 Å². The average Bonchev–Trinajstić information content (AvgIpc) is 3.49. The van der Waals surface area contributed by atoms with Crippen LogP contribution in [0.25, 0.3) is 33.1 Å². The highest BCUT2D eigenvalue weighted by molar-refractivity contribution is 5.99. The van der Waals surface area contributed by atoms with Crippen LogP contribution in [0.3, 0.4) is 0 Å². The van der Waals surface area contributed by atoms with Crippen molar-refractivity contribution in [1.82, 2.24) is 29.5 Å². The summed E-state index contributed by atoms with van der Waals surface area (Å²) in [5.41, 5.74) is 3.99. The molecule has 1 saturated heterocycles. The number of fused-ring (bicyclic) bond motifs is 2. The third kappa shape index (κ3) is 3.76. The Balaban J connectivity index is 1.56. The summed E-state index contributed by atoms with van der Waals surface area (Å²) in [5.74, 6) is 0.606. The van der Waals surface area contributed by atoms with Gasteiger partial charge in [0.15, 0.2) is 0 Å². The zero-order chi connectivity index (χ0) is 24.1. The highest BCUT2D eigenvalue weighted by Crippen LogP contribution is 2.32. The Morgan fingerprint density at radius 2 is 2.03 bits per heavy atom. The van der Waals surface area contributed by atoms with Crippen LogP contribution in [0, 0.1) is 5.92 Å². The molecule has 34 heavy (non-hydrogen) atoms. The van der Waals surface area contributed by atoms with Crippen molar-refractivity contribution in [2.75, 3.05) is 20.6 Å². The van der Waals surface area contributed by atoms with Gasteiger partial charge in [0.25, 0.3) is 5.91 Å². The molecule has 176 valence electrons. The number of benzene rings is 1. The van der Waals surface area contributed by atoms with E-state index in [0.29, 0.717) is 24.5 Å². The van der Waals surface area contributed by atoms with E-state index in [0.717, 1.165) is 33.1 Å². The van der Waals surface area contributed by atoms with Crippen LogP contribution in [0.2, 0.25) is 0 Å². The monoisotopic (exact) mass is 460 g/mol. The van der Waals surface area contributed by atoms with Crippen LogP contribution in [0.5, 0.6) is 5.88 Å². The number of hydrogen-bond acceptors (Lipinski definition) is 5. The molecule has 0 spiro atoms. The van der Waals surface area contributed by atoms with Crippen molar-refractivity contribution in [1.29, 1.82) is 0 Å². The number of amides is 2. The van der Waals surface area contributed by atoms with Crippen molar-refractivity contribution < 1.29 is 14.3 Å². The summed E-state index contributed by atoms with van der Waals surface area (Å²) in [6.45, 7) is 2.58. The van der Waals surface area contributed by atoms with Crippen LogP contribution >= 0.6 is 0 Å². The molecule has 1 aromatic carbocycles. The maximum absolute atomic E-state index is 12.6. The molecule has 2 atom stereocenters. The van der Waals surface area contributed by atoms with E-state index in [4.69, 9.17) is 9.72 Å². The fourth-order valence-electron chi connectivity index (χ4n) is 4.50. The average molecular weight is 461 g/mol. The van der Waals surface area contributed by atoms with E-state index in [9.17, 15) is 9.59 Å². The molecule has 5 rings (SSSR count). The largest absolute Gasteiger partial charge is 0.474 e. The lowest BCUT2D eigenvalue weighted by Gasteiger charge is -2.19. The number of aryl methyl sites for hydroxylation is 2. The van der Waals surface area contributed by atoms with Gasteiger partial charge in [0.05, 0.1) is 16.6 Å². The van der Waals surface area contributed by atoms with Gasteiger partial charge in [0.1, 0.15) is 11.8 Å². The van der Waals surface area contributed by atoms with Crippen LogP contribution in [-0.4, -0.2) is 62.8 Å². The first-order valence-electron chi connectivity index (χ1n) is 11.3. The van der Waals surface area contributed by atoms with E-state index in [1.54, 1.807) is 23.7 Å². The van der Waals surface area contributed by atoms with Gasteiger partial charge in [-0.25, -0.2) is 4.98 Å². The van der Waals surface area contributed by atoms with Crippen molar-refractivity contribution in [2.45, 2.75) is 19.4 Å². The number of aromatic nitrogens is 4. The zero-order valence-electron chi connectivity index (χ0n) is 20.0. The number of hydrogen-bond donors (Lipinski definition) is 1. The van der Waals surface area contributed by atoms with Crippen LogP contribution in [0.4, 0.5) is 0 Å². The van der Waals surface area contributed by atoms with Crippen molar-refractivity contribution >= 4 is 33.6 Å². The van der Waals surface area contributed by atoms with Gasteiger partial charge < -0.3 is 19.5 Å². The number of rotatable bonds is 5. The van der Waals surface area contributed by atoms with E-state index in [1.807, 2.05) is 62.1 Å². The van der Waals surface area contributed by atoms with Crippen LogP contribution in [0.15, 0.2) is 36.5 Å². The second-order valence-electron chi connectivity index (χ2n) is 9.20. The number of carbonyl (C=O) groups is 2. The first kappa shape index (κ1) is 21.9. The van der Waals surface area contributed by atoms with Crippen molar-refractivity contribution in [3.63, 3.8) is 0 Å². The smallest absolute Gasteiger partial charge is 0.269 e. The highest BCUT2D eigenvalue weighted by Gasteiger charge is 2.29. The van der Waals surface area contributed by atoms with Crippen LogP contribution in [0.1, 0.15) is 23.8 Å². The van der Waals surface area contributed by atoms with Gasteiger partial charge in [0.2, 0.25) is 11.8 Å². The summed E-state index contributed by atoms with van der Waals surface area (Å²) < 4.78 is 9.95. The molecule has 1 aliphatic rings. The molecule has 2 amide bonds. The van der Waals surface area contributed by atoms with Crippen molar-refractivity contribution in [3.05, 3.63) is 42.2 Å². The summed E-state index contributed by atoms with van der Waals surface area (Å²) in [7, 11) is 7.26. The van der Waals surface area contributed by atoms with E-state index >= 15 is 0 Å². The maximum atomic E-state index is 12.6. The first-order chi connectivity index (χ1) is 16.2. The number of ether oxygens (including phenoxy) is 1. The molecule has 4 heterocycles. The number of nitrogens with one attached hydrogen (secondary N) is 1. The van der Waals surface area contributed by atoms with E-state index in [-0.39, 0.29) is 23.8 Å². The third-order valence-electron chi connectivity index (χ3n) is 6.52. The lowest BCUT2D eigenvalue weighted by atomic mass is 10.0. The molecular formula is C25H28N6O3. The fraction of sp³-hybridized carbons (Fsp3) is 0.360.